The van der Waals surface area contributed by atoms with Gasteiger partial charge in [0.2, 0.25) is 11.8 Å². The third-order valence-electron chi connectivity index (χ3n) is 8.09. The maximum atomic E-state index is 14.0. The number of rotatable bonds is 6. The van der Waals surface area contributed by atoms with Gasteiger partial charge in [-0.2, -0.15) is 0 Å². The van der Waals surface area contributed by atoms with Crippen LogP contribution in [0, 0.1) is 23.6 Å². The summed E-state index contributed by atoms with van der Waals surface area (Å²) in [6, 6.07) is 14.1. The van der Waals surface area contributed by atoms with Gasteiger partial charge in [-0.05, 0) is 72.3 Å². The summed E-state index contributed by atoms with van der Waals surface area (Å²) < 4.78 is 20.1. The Balaban J connectivity index is 1.47. The number of likely N-dealkylation sites (tertiary alicyclic amines) is 1. The highest BCUT2D eigenvalue weighted by atomic mass is 19.1. The number of amides is 2. The maximum absolute atomic E-state index is 14.0. The fourth-order valence-corrected chi connectivity index (χ4v) is 6.31. The summed E-state index contributed by atoms with van der Waals surface area (Å²) in [5.74, 6) is -2.41. The van der Waals surface area contributed by atoms with E-state index in [1.54, 1.807) is 13.1 Å². The summed E-state index contributed by atoms with van der Waals surface area (Å²) in [4.78, 5) is 27.0. The number of halogens is 1. The van der Waals surface area contributed by atoms with Gasteiger partial charge < -0.3 is 14.8 Å². The van der Waals surface area contributed by atoms with Gasteiger partial charge in [0.1, 0.15) is 0 Å². The van der Waals surface area contributed by atoms with Crippen LogP contribution in [0.3, 0.4) is 0 Å². The second-order valence-electron chi connectivity index (χ2n) is 10.2. The highest BCUT2D eigenvalue weighted by Crippen LogP contribution is 2.51. The van der Waals surface area contributed by atoms with Crippen molar-refractivity contribution in [1.29, 1.82) is 0 Å². The molecule has 1 aliphatic carbocycles. The van der Waals surface area contributed by atoms with Crippen LogP contribution in [0.4, 0.5) is 4.39 Å². The summed E-state index contributed by atoms with van der Waals surface area (Å²) in [6.45, 7) is 2.06. The largest absolute Gasteiger partial charge is 0.505 e. The van der Waals surface area contributed by atoms with Gasteiger partial charge in [-0.3, -0.25) is 14.5 Å². The van der Waals surface area contributed by atoms with Crippen LogP contribution in [-0.2, 0) is 14.2 Å². The molecule has 2 aromatic carbocycles. The van der Waals surface area contributed by atoms with E-state index in [1.165, 1.54) is 17.0 Å². The lowest BCUT2D eigenvalue weighted by atomic mass is 9.58. The van der Waals surface area contributed by atoms with E-state index in [0.717, 1.165) is 28.7 Å². The van der Waals surface area contributed by atoms with Crippen LogP contribution in [0.2, 0.25) is 6.32 Å². The van der Waals surface area contributed by atoms with E-state index in [2.05, 4.69) is 6.92 Å². The summed E-state index contributed by atoms with van der Waals surface area (Å²) in [5.41, 5.74) is 4.78. The Bertz CT molecular complexity index is 1280. The van der Waals surface area contributed by atoms with Crippen molar-refractivity contribution >= 4 is 30.6 Å². The second-order valence-corrected chi connectivity index (χ2v) is 10.2. The molecule has 6 nitrogen and oxygen atoms in total. The quantitative estimate of drug-likeness (QED) is 0.259. The molecule has 37 heavy (non-hydrogen) atoms. The molecular formula is C29H31BFNO5. The Hall–Kier alpha value is -3.23. The van der Waals surface area contributed by atoms with Crippen molar-refractivity contribution in [2.24, 2.45) is 17.8 Å². The molecule has 2 saturated heterocycles. The Kier molecular flexibility index (Phi) is 7.05. The van der Waals surface area contributed by atoms with E-state index in [0.29, 0.717) is 31.1 Å². The molecule has 0 unspecified atom stereocenters. The van der Waals surface area contributed by atoms with Crippen LogP contribution in [0.25, 0.3) is 11.6 Å². The number of carbonyl (C=O) groups excluding carboxylic acids is 2. The number of allylic oxidation sites excluding steroid dienone is 2. The summed E-state index contributed by atoms with van der Waals surface area (Å²) in [6.07, 6.45) is 4.26. The molecule has 5 rings (SSSR count). The van der Waals surface area contributed by atoms with E-state index in [9.17, 15) is 24.1 Å². The molecule has 2 N–H and O–H groups in total. The molecule has 8 heteroatoms. The third-order valence-corrected chi connectivity index (χ3v) is 8.09. The van der Waals surface area contributed by atoms with E-state index in [-0.39, 0.29) is 29.8 Å². The molecule has 2 amide bonds. The molecule has 0 bridgehead atoms. The maximum Gasteiger partial charge on any atom is 0.455 e. The highest BCUT2D eigenvalue weighted by Gasteiger charge is 2.56. The lowest BCUT2D eigenvalue weighted by molar-refractivity contribution is -0.138. The average Bonchev–Trinajstić information content (AvgIpc) is 3.12. The monoisotopic (exact) mass is 503 g/mol. The fraction of sp³-hybridized carbons (Fsp3) is 0.379. The number of phenolic OH excluding ortho intramolecular Hbond substituents is 1. The topological polar surface area (TPSA) is 87.1 Å². The van der Waals surface area contributed by atoms with Crippen LogP contribution >= 0.6 is 0 Å². The lowest BCUT2D eigenvalue weighted by Crippen LogP contribution is -2.46. The second kappa shape index (κ2) is 10.3. The van der Waals surface area contributed by atoms with Crippen LogP contribution < -0.4 is 0 Å². The van der Waals surface area contributed by atoms with Crippen molar-refractivity contribution in [2.75, 3.05) is 7.05 Å². The van der Waals surface area contributed by atoms with Gasteiger partial charge >= 0.3 is 7.12 Å². The molecule has 2 aromatic rings. The molecule has 0 saturated carbocycles. The number of hydrogen-bond acceptors (Lipinski definition) is 5. The molecule has 0 spiro atoms. The number of fused-ring (bicyclic) bond motifs is 3. The first-order valence-corrected chi connectivity index (χ1v) is 12.9. The Morgan fingerprint density at radius 3 is 2.62 bits per heavy atom. The van der Waals surface area contributed by atoms with Crippen molar-refractivity contribution in [3.05, 3.63) is 76.6 Å². The minimum atomic E-state index is -1.01. The number of aromatic hydroxyl groups is 1. The minimum Gasteiger partial charge on any atom is -0.505 e. The first-order chi connectivity index (χ1) is 17.8. The number of carbonyl (C=O) groups is 2. The number of imide groups is 1. The Morgan fingerprint density at radius 2 is 1.92 bits per heavy atom. The molecule has 192 valence electrons. The van der Waals surface area contributed by atoms with Gasteiger partial charge in [0.15, 0.2) is 11.6 Å². The number of nitrogens with zero attached hydrogens (tertiary/aromatic N) is 1. The fourth-order valence-electron chi connectivity index (χ4n) is 6.31. The normalized spacial score (nSPS) is 26.0. The van der Waals surface area contributed by atoms with Gasteiger partial charge in [-0.15, -0.1) is 0 Å². The van der Waals surface area contributed by atoms with Gasteiger partial charge in [-0.1, -0.05) is 55.0 Å². The zero-order valence-electron chi connectivity index (χ0n) is 21.1. The molecule has 0 radical (unpaired) electrons. The van der Waals surface area contributed by atoms with Crippen molar-refractivity contribution in [2.45, 2.75) is 45.0 Å². The van der Waals surface area contributed by atoms with Crippen molar-refractivity contribution in [3.63, 3.8) is 0 Å². The highest BCUT2D eigenvalue weighted by molar-refractivity contribution is 6.43. The SMILES string of the molecule is CCC1=C2[C@@H](CC/C(=C/c3ccc(O)c(F)c3)c3ccccc3)OB(O)C[C@@H]2[C@@H]2C(=O)N(C)C(=O)[C@@H]2C1. The van der Waals surface area contributed by atoms with Gasteiger partial charge in [0, 0.05) is 7.05 Å². The van der Waals surface area contributed by atoms with Crippen LogP contribution in [0.15, 0.2) is 59.7 Å². The first kappa shape index (κ1) is 25.4. The zero-order valence-corrected chi connectivity index (χ0v) is 21.1. The standard InChI is InChI=1S/C29H31BFNO5/c1-3-18-15-21-27(29(35)32(2)28(21)34)22-16-30(36)37-25(26(18)22)12-10-20(19-7-5-4-6-8-19)13-17-9-11-24(33)23(31)14-17/h4-9,11,13-14,21-22,25,27,33,36H,3,10,12,15-16H2,1-2H3/b20-13-/t21-,22+,25-,27-/m1/s1. The zero-order chi connectivity index (χ0) is 26.3. The molecule has 2 fully saturated rings. The average molecular weight is 503 g/mol. The van der Waals surface area contributed by atoms with Gasteiger partial charge in [0.25, 0.3) is 0 Å². The molecule has 2 aliphatic heterocycles. The predicted molar refractivity (Wildman–Crippen MR) is 139 cm³/mol. The smallest absolute Gasteiger partial charge is 0.455 e. The summed E-state index contributed by atoms with van der Waals surface area (Å²) in [7, 11) is 0.532. The van der Waals surface area contributed by atoms with Crippen LogP contribution in [0.5, 0.6) is 5.75 Å². The van der Waals surface area contributed by atoms with Gasteiger partial charge in [-0.25, -0.2) is 4.39 Å². The van der Waals surface area contributed by atoms with E-state index >= 15 is 0 Å². The van der Waals surface area contributed by atoms with E-state index in [4.69, 9.17) is 4.65 Å². The molecule has 3 aliphatic rings. The Morgan fingerprint density at radius 1 is 1.16 bits per heavy atom. The number of hydrogen-bond donors (Lipinski definition) is 2. The molecule has 2 heterocycles. The van der Waals surface area contributed by atoms with Crippen molar-refractivity contribution < 1.29 is 28.8 Å². The minimum absolute atomic E-state index is 0.132. The molecule has 4 atom stereocenters. The number of phenols is 1. The van der Waals surface area contributed by atoms with E-state index in [1.807, 2.05) is 36.4 Å². The lowest BCUT2D eigenvalue weighted by Gasteiger charge is -2.43. The third kappa shape index (κ3) is 4.76. The van der Waals surface area contributed by atoms with Crippen molar-refractivity contribution in [1.82, 2.24) is 4.90 Å². The molecule has 0 aromatic heterocycles. The van der Waals surface area contributed by atoms with Crippen molar-refractivity contribution in [3.8, 4) is 5.75 Å². The summed E-state index contributed by atoms with van der Waals surface area (Å²) in [5, 5.41) is 20.2. The van der Waals surface area contributed by atoms with Gasteiger partial charge in [0.05, 0.1) is 17.9 Å². The van der Waals surface area contributed by atoms with Crippen LogP contribution in [-0.4, -0.2) is 47.1 Å². The Labute approximate surface area is 216 Å². The number of benzene rings is 2. The van der Waals surface area contributed by atoms with Crippen LogP contribution in [0.1, 0.15) is 43.7 Å². The first-order valence-electron chi connectivity index (χ1n) is 12.9. The summed E-state index contributed by atoms with van der Waals surface area (Å²) >= 11 is 0. The predicted octanol–water partition coefficient (Wildman–Crippen LogP) is 4.69. The molecular weight excluding hydrogens is 472 g/mol. The van der Waals surface area contributed by atoms with E-state index < -0.39 is 24.6 Å².